The molecule has 3 aromatic carbocycles. The van der Waals surface area contributed by atoms with Crippen LogP contribution in [-0.2, 0) is 22.6 Å². The van der Waals surface area contributed by atoms with Gasteiger partial charge >= 0.3 is 0 Å². The van der Waals surface area contributed by atoms with Gasteiger partial charge in [0.25, 0.3) is 0 Å². The van der Waals surface area contributed by atoms with Crippen molar-refractivity contribution in [3.05, 3.63) is 101 Å². The maximum Gasteiger partial charge on any atom is 0.243 e. The van der Waals surface area contributed by atoms with Gasteiger partial charge in [-0.25, -0.2) is 0 Å². The van der Waals surface area contributed by atoms with Gasteiger partial charge in [-0.05, 0) is 57.4 Å². The maximum atomic E-state index is 13.6. The summed E-state index contributed by atoms with van der Waals surface area (Å²) in [5.41, 5.74) is 4.35. The summed E-state index contributed by atoms with van der Waals surface area (Å²) in [6.45, 7) is 8.76. The molecule has 0 saturated heterocycles. The second-order valence-electron chi connectivity index (χ2n) is 9.64. The minimum atomic E-state index is -0.610. The summed E-state index contributed by atoms with van der Waals surface area (Å²) in [7, 11) is 0. The van der Waals surface area contributed by atoms with Crippen molar-refractivity contribution in [3.63, 3.8) is 0 Å². The van der Waals surface area contributed by atoms with E-state index >= 15 is 0 Å². The zero-order chi connectivity index (χ0) is 25.9. The van der Waals surface area contributed by atoms with Crippen LogP contribution in [0.15, 0.2) is 78.9 Å². The van der Waals surface area contributed by atoms with Crippen LogP contribution in [-0.4, -0.2) is 35.4 Å². The van der Waals surface area contributed by atoms with Crippen LogP contribution in [0.4, 0.5) is 0 Å². The third kappa shape index (κ3) is 8.56. The standard InChI is InChI=1S/C31H38N2O3/c1-23(2)32-31(35)29(21-26-9-6-5-7-10-26)33(22-27-16-12-24(3)13-17-27)30(34)11-8-20-36-28-18-14-25(4)15-19-28/h5-7,9-10,12-19,23,29H,8,11,20-22H2,1-4H3,(H,32,35)/t29-/m0/s1. The number of hydrogen-bond donors (Lipinski definition) is 1. The second-order valence-corrected chi connectivity index (χ2v) is 9.64. The molecule has 0 saturated carbocycles. The molecule has 3 rings (SSSR count). The highest BCUT2D eigenvalue weighted by atomic mass is 16.5. The van der Waals surface area contributed by atoms with Gasteiger partial charge < -0.3 is 15.0 Å². The van der Waals surface area contributed by atoms with Crippen molar-refractivity contribution in [2.75, 3.05) is 6.61 Å². The fourth-order valence-electron chi connectivity index (χ4n) is 4.02. The van der Waals surface area contributed by atoms with Crippen molar-refractivity contribution < 1.29 is 14.3 Å². The summed E-state index contributed by atoms with van der Waals surface area (Å²) in [5.74, 6) is 0.607. The number of carbonyl (C=O) groups is 2. The van der Waals surface area contributed by atoms with E-state index in [1.54, 1.807) is 4.90 Å². The van der Waals surface area contributed by atoms with Gasteiger partial charge in [-0.3, -0.25) is 9.59 Å². The van der Waals surface area contributed by atoms with Gasteiger partial charge in [0.05, 0.1) is 6.61 Å². The number of nitrogens with one attached hydrogen (secondary N) is 1. The Hall–Kier alpha value is -3.60. The molecule has 3 aromatic rings. The van der Waals surface area contributed by atoms with Crippen molar-refractivity contribution in [2.45, 2.75) is 65.6 Å². The van der Waals surface area contributed by atoms with E-state index in [4.69, 9.17) is 4.74 Å². The molecule has 0 heterocycles. The van der Waals surface area contributed by atoms with Gasteiger partial charge in [-0.15, -0.1) is 0 Å². The average Bonchev–Trinajstić information content (AvgIpc) is 2.86. The van der Waals surface area contributed by atoms with Crippen LogP contribution in [0, 0.1) is 13.8 Å². The number of hydrogen-bond acceptors (Lipinski definition) is 3. The molecule has 0 aliphatic heterocycles. The predicted molar refractivity (Wildman–Crippen MR) is 145 cm³/mol. The molecule has 0 unspecified atom stereocenters. The molecule has 1 atom stereocenters. The Balaban J connectivity index is 1.77. The first-order valence-electron chi connectivity index (χ1n) is 12.7. The number of benzene rings is 3. The smallest absolute Gasteiger partial charge is 0.243 e. The van der Waals surface area contributed by atoms with Crippen molar-refractivity contribution in [1.82, 2.24) is 10.2 Å². The topological polar surface area (TPSA) is 58.6 Å². The highest BCUT2D eigenvalue weighted by Gasteiger charge is 2.30. The molecule has 5 heteroatoms. The molecule has 0 spiro atoms. The van der Waals surface area contributed by atoms with Gasteiger partial charge in [0.1, 0.15) is 11.8 Å². The zero-order valence-electron chi connectivity index (χ0n) is 21.9. The Morgan fingerprint density at radius 2 is 1.44 bits per heavy atom. The van der Waals surface area contributed by atoms with Crippen molar-refractivity contribution in [3.8, 4) is 5.75 Å². The van der Waals surface area contributed by atoms with Crippen LogP contribution in [0.25, 0.3) is 0 Å². The number of ether oxygens (including phenoxy) is 1. The summed E-state index contributed by atoms with van der Waals surface area (Å²) < 4.78 is 5.83. The fraction of sp³-hybridized carbons (Fsp3) is 0.355. The number of amides is 2. The van der Waals surface area contributed by atoms with Gasteiger partial charge in [-0.1, -0.05) is 77.9 Å². The highest BCUT2D eigenvalue weighted by Crippen LogP contribution is 2.18. The van der Waals surface area contributed by atoms with Crippen LogP contribution in [0.3, 0.4) is 0 Å². The van der Waals surface area contributed by atoms with E-state index in [1.165, 1.54) is 5.56 Å². The van der Waals surface area contributed by atoms with Crippen LogP contribution in [0.5, 0.6) is 5.75 Å². The van der Waals surface area contributed by atoms with E-state index in [0.29, 0.717) is 32.4 Å². The first-order valence-corrected chi connectivity index (χ1v) is 12.7. The Bertz CT molecular complexity index is 1090. The molecular weight excluding hydrogens is 448 g/mol. The van der Waals surface area contributed by atoms with E-state index in [1.807, 2.05) is 107 Å². The lowest BCUT2D eigenvalue weighted by Crippen LogP contribution is -2.51. The van der Waals surface area contributed by atoms with E-state index in [0.717, 1.165) is 22.4 Å². The molecule has 36 heavy (non-hydrogen) atoms. The largest absolute Gasteiger partial charge is 0.494 e. The summed E-state index contributed by atoms with van der Waals surface area (Å²) in [6, 6.07) is 25.2. The summed E-state index contributed by atoms with van der Waals surface area (Å²) >= 11 is 0. The third-order valence-corrected chi connectivity index (χ3v) is 6.00. The summed E-state index contributed by atoms with van der Waals surface area (Å²) in [5, 5.41) is 3.03. The Morgan fingerprint density at radius 3 is 2.06 bits per heavy atom. The Labute approximate surface area is 215 Å². The molecule has 0 bridgehead atoms. The predicted octanol–water partition coefficient (Wildman–Crippen LogP) is 5.63. The molecule has 2 amide bonds. The first kappa shape index (κ1) is 27.0. The first-order chi connectivity index (χ1) is 17.3. The quantitative estimate of drug-likeness (QED) is 0.338. The van der Waals surface area contributed by atoms with Crippen LogP contribution < -0.4 is 10.1 Å². The summed E-state index contributed by atoms with van der Waals surface area (Å²) in [6.07, 6.45) is 1.33. The SMILES string of the molecule is Cc1ccc(CN(C(=O)CCCOc2ccc(C)cc2)[C@@H](Cc2ccccc2)C(=O)NC(C)C)cc1. The average molecular weight is 487 g/mol. The molecule has 0 fully saturated rings. The summed E-state index contributed by atoms with van der Waals surface area (Å²) in [4.78, 5) is 28.7. The van der Waals surface area contributed by atoms with E-state index < -0.39 is 6.04 Å². The fourth-order valence-corrected chi connectivity index (χ4v) is 4.02. The third-order valence-electron chi connectivity index (χ3n) is 6.00. The molecule has 0 aromatic heterocycles. The van der Waals surface area contributed by atoms with Crippen molar-refractivity contribution in [1.29, 1.82) is 0 Å². The minimum absolute atomic E-state index is 0.0185. The lowest BCUT2D eigenvalue weighted by molar-refractivity contribution is -0.141. The molecular formula is C31H38N2O3. The Morgan fingerprint density at radius 1 is 0.833 bits per heavy atom. The molecule has 5 nitrogen and oxygen atoms in total. The van der Waals surface area contributed by atoms with E-state index in [2.05, 4.69) is 5.32 Å². The normalized spacial score (nSPS) is 11.7. The Kier molecular flexibility index (Phi) is 10.1. The lowest BCUT2D eigenvalue weighted by Gasteiger charge is -2.32. The van der Waals surface area contributed by atoms with Gasteiger partial charge in [0, 0.05) is 25.4 Å². The van der Waals surface area contributed by atoms with Crippen LogP contribution >= 0.6 is 0 Å². The van der Waals surface area contributed by atoms with Crippen LogP contribution in [0.1, 0.15) is 48.9 Å². The molecule has 1 N–H and O–H groups in total. The van der Waals surface area contributed by atoms with Crippen molar-refractivity contribution >= 4 is 11.8 Å². The van der Waals surface area contributed by atoms with Gasteiger partial charge in [0.15, 0.2) is 0 Å². The highest BCUT2D eigenvalue weighted by molar-refractivity contribution is 5.88. The van der Waals surface area contributed by atoms with E-state index in [9.17, 15) is 9.59 Å². The molecule has 0 aliphatic carbocycles. The lowest BCUT2D eigenvalue weighted by atomic mass is 10.0. The van der Waals surface area contributed by atoms with E-state index in [-0.39, 0.29) is 17.9 Å². The zero-order valence-corrected chi connectivity index (χ0v) is 21.9. The monoisotopic (exact) mass is 486 g/mol. The van der Waals surface area contributed by atoms with Crippen molar-refractivity contribution in [2.24, 2.45) is 0 Å². The number of carbonyl (C=O) groups excluding carboxylic acids is 2. The number of rotatable bonds is 12. The maximum absolute atomic E-state index is 13.6. The van der Waals surface area contributed by atoms with Gasteiger partial charge in [-0.2, -0.15) is 0 Å². The number of aryl methyl sites for hydroxylation is 2. The molecule has 190 valence electrons. The molecule has 0 radical (unpaired) electrons. The molecule has 0 aliphatic rings. The van der Waals surface area contributed by atoms with Crippen LogP contribution in [0.2, 0.25) is 0 Å². The van der Waals surface area contributed by atoms with Gasteiger partial charge in [0.2, 0.25) is 11.8 Å². The number of nitrogens with zero attached hydrogens (tertiary/aromatic N) is 1. The second kappa shape index (κ2) is 13.5. The minimum Gasteiger partial charge on any atom is -0.494 e.